The van der Waals surface area contributed by atoms with E-state index in [-0.39, 0.29) is 11.9 Å². The van der Waals surface area contributed by atoms with Gasteiger partial charge in [0, 0.05) is 6.04 Å². The molecule has 3 heteroatoms. The van der Waals surface area contributed by atoms with E-state index < -0.39 is 0 Å². The van der Waals surface area contributed by atoms with Gasteiger partial charge in [0.1, 0.15) is 5.82 Å². The fraction of sp³-hybridized carbons (Fsp3) is 0.500. The molecule has 15 heavy (non-hydrogen) atoms. The molecular formula is C12H17BrFN. The normalized spacial score (nSPS) is 12.8. The highest BCUT2D eigenvalue weighted by Gasteiger charge is 2.11. The predicted octanol–water partition coefficient (Wildman–Crippen LogP) is 4.17. The van der Waals surface area contributed by atoms with Crippen molar-refractivity contribution in [2.45, 2.75) is 38.6 Å². The van der Waals surface area contributed by atoms with E-state index in [1.165, 1.54) is 18.9 Å². The monoisotopic (exact) mass is 273 g/mol. The molecule has 0 aromatic heterocycles. The first kappa shape index (κ1) is 12.7. The molecule has 0 amide bonds. The van der Waals surface area contributed by atoms with Crippen LogP contribution in [0.1, 0.15) is 44.2 Å². The van der Waals surface area contributed by atoms with Crippen molar-refractivity contribution in [3.8, 4) is 0 Å². The van der Waals surface area contributed by atoms with Crippen LogP contribution < -0.4 is 5.73 Å². The first-order valence-corrected chi connectivity index (χ1v) is 6.15. The summed E-state index contributed by atoms with van der Waals surface area (Å²) in [4.78, 5) is 0. The number of unbranched alkanes of at least 4 members (excludes halogenated alkanes) is 2. The molecular weight excluding hydrogens is 257 g/mol. The summed E-state index contributed by atoms with van der Waals surface area (Å²) in [6.07, 6.45) is 4.37. The maximum atomic E-state index is 13.2. The number of rotatable bonds is 5. The topological polar surface area (TPSA) is 26.0 Å². The Kier molecular flexibility index (Phi) is 5.26. The third-order valence-electron chi connectivity index (χ3n) is 2.50. The van der Waals surface area contributed by atoms with Crippen molar-refractivity contribution < 1.29 is 4.39 Å². The number of nitrogens with two attached hydrogens (primary N) is 1. The summed E-state index contributed by atoms with van der Waals surface area (Å²) < 4.78 is 13.7. The molecule has 0 radical (unpaired) electrons. The zero-order valence-electron chi connectivity index (χ0n) is 8.97. The zero-order valence-corrected chi connectivity index (χ0v) is 10.6. The molecule has 1 rings (SSSR count). The molecule has 0 fully saturated rings. The third-order valence-corrected chi connectivity index (χ3v) is 3.34. The van der Waals surface area contributed by atoms with Crippen LogP contribution in [0.15, 0.2) is 22.7 Å². The number of hydrogen-bond acceptors (Lipinski definition) is 1. The summed E-state index contributed by atoms with van der Waals surface area (Å²) in [6.45, 7) is 2.16. The van der Waals surface area contributed by atoms with Crippen molar-refractivity contribution in [2.24, 2.45) is 5.73 Å². The predicted molar refractivity (Wildman–Crippen MR) is 65.2 cm³/mol. The first-order valence-electron chi connectivity index (χ1n) is 5.36. The van der Waals surface area contributed by atoms with E-state index in [1.54, 1.807) is 6.07 Å². The maximum Gasteiger partial charge on any atom is 0.137 e. The maximum absolute atomic E-state index is 13.2. The van der Waals surface area contributed by atoms with Crippen LogP contribution in [0.2, 0.25) is 0 Å². The molecule has 0 bridgehead atoms. The highest BCUT2D eigenvalue weighted by Crippen LogP contribution is 2.27. The molecule has 0 unspecified atom stereocenters. The standard InChI is InChI=1S/C12H17BrFN/c1-2-3-4-8-11(15)9-6-5-7-10(14)12(9)13/h5-7,11H,2-4,8,15H2,1H3/t11-/m0/s1. The number of halogens is 2. The van der Waals surface area contributed by atoms with Crippen molar-refractivity contribution in [1.29, 1.82) is 0 Å². The van der Waals surface area contributed by atoms with E-state index in [4.69, 9.17) is 5.73 Å². The third kappa shape index (κ3) is 3.58. The summed E-state index contributed by atoms with van der Waals surface area (Å²) in [5.74, 6) is -0.238. The quantitative estimate of drug-likeness (QED) is 0.801. The van der Waals surface area contributed by atoms with E-state index in [9.17, 15) is 4.39 Å². The van der Waals surface area contributed by atoms with E-state index in [1.807, 2.05) is 6.07 Å². The Morgan fingerprint density at radius 2 is 2.13 bits per heavy atom. The van der Waals surface area contributed by atoms with Gasteiger partial charge in [0.15, 0.2) is 0 Å². The first-order chi connectivity index (χ1) is 7.16. The van der Waals surface area contributed by atoms with E-state index in [2.05, 4.69) is 22.9 Å². The minimum Gasteiger partial charge on any atom is -0.324 e. The van der Waals surface area contributed by atoms with Gasteiger partial charge in [-0.1, -0.05) is 38.3 Å². The van der Waals surface area contributed by atoms with E-state index >= 15 is 0 Å². The van der Waals surface area contributed by atoms with Gasteiger partial charge < -0.3 is 5.73 Å². The fourth-order valence-electron chi connectivity index (χ4n) is 1.58. The van der Waals surface area contributed by atoms with Crippen LogP contribution in [0.25, 0.3) is 0 Å². The van der Waals surface area contributed by atoms with Gasteiger partial charge in [-0.05, 0) is 34.0 Å². The molecule has 0 heterocycles. The summed E-state index contributed by atoms with van der Waals surface area (Å²) in [5.41, 5.74) is 6.88. The Morgan fingerprint density at radius 1 is 1.40 bits per heavy atom. The number of benzene rings is 1. The second kappa shape index (κ2) is 6.23. The molecule has 1 aromatic carbocycles. The highest BCUT2D eigenvalue weighted by molar-refractivity contribution is 9.10. The SMILES string of the molecule is CCCCC[C@H](N)c1cccc(F)c1Br. The van der Waals surface area contributed by atoms with Crippen LogP contribution in [0.5, 0.6) is 0 Å². The van der Waals surface area contributed by atoms with Gasteiger partial charge >= 0.3 is 0 Å². The molecule has 2 N–H and O–H groups in total. The van der Waals surface area contributed by atoms with Crippen molar-refractivity contribution >= 4 is 15.9 Å². The molecule has 0 aliphatic rings. The van der Waals surface area contributed by atoms with Crippen LogP contribution in [0.4, 0.5) is 4.39 Å². The fourth-order valence-corrected chi connectivity index (χ4v) is 2.13. The van der Waals surface area contributed by atoms with Crippen molar-refractivity contribution in [2.75, 3.05) is 0 Å². The Balaban J connectivity index is 2.65. The number of hydrogen-bond donors (Lipinski definition) is 1. The van der Waals surface area contributed by atoms with Gasteiger partial charge in [-0.3, -0.25) is 0 Å². The average molecular weight is 274 g/mol. The summed E-state index contributed by atoms with van der Waals surface area (Å²) in [7, 11) is 0. The minimum absolute atomic E-state index is 0.0679. The van der Waals surface area contributed by atoms with E-state index in [0.29, 0.717) is 4.47 Å². The molecule has 1 aromatic rings. The lowest BCUT2D eigenvalue weighted by Crippen LogP contribution is -2.11. The van der Waals surface area contributed by atoms with Gasteiger partial charge in [-0.2, -0.15) is 0 Å². The zero-order chi connectivity index (χ0) is 11.3. The Labute approximate surface area is 99.0 Å². The summed E-state index contributed by atoms with van der Waals surface area (Å²) >= 11 is 3.23. The molecule has 0 saturated heterocycles. The van der Waals surface area contributed by atoms with Gasteiger partial charge in [0.25, 0.3) is 0 Å². The Bertz CT molecular complexity index is 314. The Hall–Kier alpha value is -0.410. The van der Waals surface area contributed by atoms with Crippen molar-refractivity contribution in [1.82, 2.24) is 0 Å². The van der Waals surface area contributed by atoms with Gasteiger partial charge in [-0.15, -0.1) is 0 Å². The lowest BCUT2D eigenvalue weighted by Gasteiger charge is -2.13. The summed E-state index contributed by atoms with van der Waals surface area (Å²) in [5, 5.41) is 0. The molecule has 84 valence electrons. The van der Waals surface area contributed by atoms with Crippen LogP contribution in [-0.4, -0.2) is 0 Å². The van der Waals surface area contributed by atoms with Crippen LogP contribution in [0, 0.1) is 5.82 Å². The van der Waals surface area contributed by atoms with E-state index in [0.717, 1.165) is 18.4 Å². The second-order valence-electron chi connectivity index (χ2n) is 3.75. The largest absolute Gasteiger partial charge is 0.324 e. The van der Waals surface area contributed by atoms with Crippen LogP contribution in [0.3, 0.4) is 0 Å². The molecule has 0 saturated carbocycles. The van der Waals surface area contributed by atoms with Gasteiger partial charge in [-0.25, -0.2) is 4.39 Å². The lowest BCUT2D eigenvalue weighted by atomic mass is 10.0. The van der Waals surface area contributed by atoms with Gasteiger partial charge in [0.05, 0.1) is 4.47 Å². The van der Waals surface area contributed by atoms with Crippen LogP contribution in [-0.2, 0) is 0 Å². The molecule has 0 aliphatic carbocycles. The molecule has 1 nitrogen and oxygen atoms in total. The molecule has 0 aliphatic heterocycles. The average Bonchev–Trinajstić information content (AvgIpc) is 2.22. The molecule has 1 atom stereocenters. The van der Waals surface area contributed by atoms with Crippen LogP contribution >= 0.6 is 15.9 Å². The smallest absolute Gasteiger partial charge is 0.137 e. The minimum atomic E-state index is -0.238. The lowest BCUT2D eigenvalue weighted by molar-refractivity contribution is 0.568. The summed E-state index contributed by atoms with van der Waals surface area (Å²) in [6, 6.07) is 4.95. The van der Waals surface area contributed by atoms with Gasteiger partial charge in [0.2, 0.25) is 0 Å². The molecule has 0 spiro atoms. The highest BCUT2D eigenvalue weighted by atomic mass is 79.9. The van der Waals surface area contributed by atoms with Crippen molar-refractivity contribution in [3.63, 3.8) is 0 Å². The Morgan fingerprint density at radius 3 is 2.80 bits per heavy atom. The second-order valence-corrected chi connectivity index (χ2v) is 4.54. The van der Waals surface area contributed by atoms with Crippen molar-refractivity contribution in [3.05, 3.63) is 34.1 Å².